The number of H-pyrrole nitrogens is 1. The average molecular weight is 401 g/mol. The highest BCUT2D eigenvalue weighted by Crippen LogP contribution is 2.21. The summed E-state index contributed by atoms with van der Waals surface area (Å²) in [7, 11) is 0. The van der Waals surface area contributed by atoms with E-state index in [4.69, 9.17) is 0 Å². The number of rotatable bonds is 4. The topological polar surface area (TPSA) is 64.3 Å². The summed E-state index contributed by atoms with van der Waals surface area (Å²) in [5.74, 6) is 0. The van der Waals surface area contributed by atoms with Crippen LogP contribution < -0.4 is 10.9 Å². The molecule has 0 aromatic carbocycles. The van der Waals surface area contributed by atoms with Crippen LogP contribution in [0.3, 0.4) is 0 Å². The second-order valence-electron chi connectivity index (χ2n) is 5.91. The van der Waals surface area contributed by atoms with Gasteiger partial charge in [0.25, 0.3) is 5.56 Å². The van der Waals surface area contributed by atoms with E-state index in [9.17, 15) is 4.79 Å². The van der Waals surface area contributed by atoms with Gasteiger partial charge in [0, 0.05) is 51.3 Å². The molecule has 2 aliphatic heterocycles. The highest BCUT2D eigenvalue weighted by Gasteiger charge is 2.19. The lowest BCUT2D eigenvalue weighted by atomic mass is 10.0. The minimum Gasteiger partial charge on any atom is -0.383 e. The molecule has 0 bridgehead atoms. The van der Waals surface area contributed by atoms with Gasteiger partial charge in [-0.25, -0.2) is 5.10 Å². The van der Waals surface area contributed by atoms with Gasteiger partial charge in [0.05, 0.1) is 11.4 Å². The Hall–Kier alpha value is -0.530. The van der Waals surface area contributed by atoms with Gasteiger partial charge < -0.3 is 15.1 Å². The van der Waals surface area contributed by atoms with E-state index >= 15 is 0 Å². The molecular formula is C15H28Cl3N5O. The maximum absolute atomic E-state index is 11.8. The Balaban J connectivity index is 0.00000176. The largest absolute Gasteiger partial charge is 0.383 e. The smallest absolute Gasteiger partial charge is 0.269 e. The van der Waals surface area contributed by atoms with E-state index in [1.807, 2.05) is 0 Å². The van der Waals surface area contributed by atoms with Gasteiger partial charge in [-0.2, -0.15) is 5.10 Å². The summed E-state index contributed by atoms with van der Waals surface area (Å²) < 4.78 is 0. The van der Waals surface area contributed by atoms with Crippen LogP contribution in [0.1, 0.15) is 24.6 Å². The number of piperazine rings is 1. The first-order chi connectivity index (χ1) is 10.3. The van der Waals surface area contributed by atoms with Crippen molar-refractivity contribution in [2.24, 2.45) is 0 Å². The summed E-state index contributed by atoms with van der Waals surface area (Å²) in [6.07, 6.45) is 2.79. The fourth-order valence-electron chi connectivity index (χ4n) is 3.23. The van der Waals surface area contributed by atoms with Crippen LogP contribution >= 0.6 is 37.2 Å². The molecule has 1 saturated heterocycles. The van der Waals surface area contributed by atoms with Crippen LogP contribution in [0.4, 0.5) is 5.69 Å². The Morgan fingerprint density at radius 2 is 1.75 bits per heavy atom. The van der Waals surface area contributed by atoms with Crippen LogP contribution in [0.5, 0.6) is 0 Å². The van der Waals surface area contributed by atoms with Crippen molar-refractivity contribution in [3.8, 4) is 0 Å². The van der Waals surface area contributed by atoms with Crippen molar-refractivity contribution >= 4 is 42.9 Å². The second kappa shape index (κ2) is 11.2. The molecule has 0 amide bonds. The SMILES string of the molecule is CCN1CCN(CCc2n[nH]c(=O)c3c2NCCC3)CC1.Cl.Cl.Cl. The minimum absolute atomic E-state index is 0. The van der Waals surface area contributed by atoms with Crippen molar-refractivity contribution in [3.05, 3.63) is 21.6 Å². The number of anilines is 1. The third-order valence-corrected chi connectivity index (χ3v) is 4.64. The molecule has 0 saturated carbocycles. The maximum Gasteiger partial charge on any atom is 0.269 e. The number of nitrogens with zero attached hydrogens (tertiary/aromatic N) is 3. The summed E-state index contributed by atoms with van der Waals surface area (Å²) in [6, 6.07) is 0. The number of aromatic amines is 1. The Morgan fingerprint density at radius 1 is 1.08 bits per heavy atom. The van der Waals surface area contributed by atoms with E-state index < -0.39 is 0 Å². The van der Waals surface area contributed by atoms with Gasteiger partial charge >= 0.3 is 0 Å². The molecule has 0 aliphatic carbocycles. The molecular weight excluding hydrogens is 373 g/mol. The van der Waals surface area contributed by atoms with Gasteiger partial charge in [0.2, 0.25) is 0 Å². The average Bonchev–Trinajstić information content (AvgIpc) is 2.55. The minimum atomic E-state index is -0.0301. The lowest BCUT2D eigenvalue weighted by Crippen LogP contribution is -2.46. The molecule has 2 N–H and O–H groups in total. The number of nitrogens with one attached hydrogen (secondary N) is 2. The molecule has 6 nitrogen and oxygen atoms in total. The predicted molar refractivity (Wildman–Crippen MR) is 106 cm³/mol. The zero-order chi connectivity index (χ0) is 14.7. The number of aromatic nitrogens is 2. The third kappa shape index (κ3) is 5.49. The van der Waals surface area contributed by atoms with Gasteiger partial charge in [-0.3, -0.25) is 4.79 Å². The van der Waals surface area contributed by atoms with E-state index in [0.29, 0.717) is 0 Å². The predicted octanol–water partition coefficient (Wildman–Crippen LogP) is 1.57. The van der Waals surface area contributed by atoms with E-state index in [1.165, 1.54) is 0 Å². The van der Waals surface area contributed by atoms with Crippen LogP contribution in [0.25, 0.3) is 0 Å². The molecule has 24 heavy (non-hydrogen) atoms. The molecule has 0 unspecified atom stereocenters. The fourth-order valence-corrected chi connectivity index (χ4v) is 3.23. The third-order valence-electron chi connectivity index (χ3n) is 4.64. The van der Waals surface area contributed by atoms with Crippen molar-refractivity contribution in [2.45, 2.75) is 26.2 Å². The first-order valence-corrected chi connectivity index (χ1v) is 8.07. The normalized spacial score (nSPS) is 17.5. The maximum atomic E-state index is 11.8. The molecule has 9 heteroatoms. The van der Waals surface area contributed by atoms with Crippen molar-refractivity contribution in [3.63, 3.8) is 0 Å². The zero-order valence-electron chi connectivity index (χ0n) is 14.0. The number of likely N-dealkylation sites (N-methyl/N-ethyl adjacent to an activating group) is 1. The van der Waals surface area contributed by atoms with E-state index in [-0.39, 0.29) is 42.8 Å². The Bertz CT molecular complexity index is 546. The Morgan fingerprint density at radius 3 is 2.42 bits per heavy atom. The highest BCUT2D eigenvalue weighted by atomic mass is 35.5. The van der Waals surface area contributed by atoms with Crippen LogP contribution in [0, 0.1) is 0 Å². The summed E-state index contributed by atoms with van der Waals surface area (Å²) in [6.45, 7) is 9.91. The molecule has 140 valence electrons. The van der Waals surface area contributed by atoms with Crippen LogP contribution in [0.2, 0.25) is 0 Å². The van der Waals surface area contributed by atoms with Crippen LogP contribution in [-0.2, 0) is 12.8 Å². The zero-order valence-corrected chi connectivity index (χ0v) is 16.5. The number of hydrogen-bond donors (Lipinski definition) is 2. The van der Waals surface area contributed by atoms with Gasteiger partial charge in [-0.15, -0.1) is 37.2 Å². The van der Waals surface area contributed by atoms with Crippen LogP contribution in [-0.4, -0.2) is 65.8 Å². The van der Waals surface area contributed by atoms with E-state index in [0.717, 1.165) is 82.0 Å². The quantitative estimate of drug-likeness (QED) is 0.803. The van der Waals surface area contributed by atoms with Crippen molar-refractivity contribution in [1.82, 2.24) is 20.0 Å². The van der Waals surface area contributed by atoms with Crippen molar-refractivity contribution < 1.29 is 0 Å². The number of hydrogen-bond acceptors (Lipinski definition) is 5. The molecule has 0 atom stereocenters. The molecule has 1 aromatic heterocycles. The van der Waals surface area contributed by atoms with E-state index in [2.05, 4.69) is 32.2 Å². The van der Waals surface area contributed by atoms with E-state index in [1.54, 1.807) is 0 Å². The van der Waals surface area contributed by atoms with Gasteiger partial charge in [0.1, 0.15) is 0 Å². The molecule has 3 rings (SSSR count). The molecule has 3 heterocycles. The van der Waals surface area contributed by atoms with Gasteiger partial charge in [-0.1, -0.05) is 6.92 Å². The van der Waals surface area contributed by atoms with Crippen molar-refractivity contribution in [1.29, 1.82) is 0 Å². The first-order valence-electron chi connectivity index (χ1n) is 8.07. The summed E-state index contributed by atoms with van der Waals surface area (Å²) in [5, 5.41) is 10.3. The van der Waals surface area contributed by atoms with Gasteiger partial charge in [0.15, 0.2) is 0 Å². The Labute approximate surface area is 162 Å². The summed E-state index contributed by atoms with van der Waals surface area (Å²) in [4.78, 5) is 16.8. The molecule has 0 radical (unpaired) electrons. The summed E-state index contributed by atoms with van der Waals surface area (Å²) >= 11 is 0. The standard InChI is InChI=1S/C15H25N5O.3ClH/c1-2-19-8-10-20(11-9-19)7-5-13-14-12(4-3-6-16-14)15(21)18-17-13;;;/h16H,2-11H2,1H3,(H,18,21);3*1H. The Kier molecular flexibility index (Phi) is 10.9. The molecule has 1 aromatic rings. The lowest BCUT2D eigenvalue weighted by molar-refractivity contribution is 0.138. The highest BCUT2D eigenvalue weighted by molar-refractivity contribution is 5.86. The molecule has 2 aliphatic rings. The first kappa shape index (κ1) is 23.5. The number of halogens is 3. The monoisotopic (exact) mass is 399 g/mol. The van der Waals surface area contributed by atoms with Crippen molar-refractivity contribution in [2.75, 3.05) is 51.1 Å². The molecule has 1 fully saturated rings. The second-order valence-corrected chi connectivity index (χ2v) is 5.91. The summed E-state index contributed by atoms with van der Waals surface area (Å²) in [5.41, 5.74) is 2.87. The molecule has 0 spiro atoms. The number of fused-ring (bicyclic) bond motifs is 1. The van der Waals surface area contributed by atoms with Crippen LogP contribution in [0.15, 0.2) is 4.79 Å². The lowest BCUT2D eigenvalue weighted by Gasteiger charge is -2.34. The fraction of sp³-hybridized carbons (Fsp3) is 0.733. The van der Waals surface area contributed by atoms with Gasteiger partial charge in [-0.05, 0) is 19.4 Å².